The van der Waals surface area contributed by atoms with Crippen LogP contribution in [0.2, 0.25) is 0 Å². The quantitative estimate of drug-likeness (QED) is 0.461. The van der Waals surface area contributed by atoms with Gasteiger partial charge in [0.1, 0.15) is 11.4 Å². The molecule has 4 heterocycles. The fourth-order valence-corrected chi connectivity index (χ4v) is 6.37. The number of hydrogen-bond donors (Lipinski definition) is 1. The predicted molar refractivity (Wildman–Crippen MR) is 139 cm³/mol. The molecule has 1 unspecified atom stereocenters. The van der Waals surface area contributed by atoms with Crippen LogP contribution < -0.4 is 0 Å². The Morgan fingerprint density at radius 1 is 1.03 bits per heavy atom. The fraction of sp³-hybridized carbons (Fsp3) is 0.552. The van der Waals surface area contributed by atoms with E-state index in [9.17, 15) is 18.3 Å². The largest absolute Gasteiger partial charge is 0.393 e. The second kappa shape index (κ2) is 9.67. The van der Waals surface area contributed by atoms with Gasteiger partial charge in [0.15, 0.2) is 5.82 Å². The van der Waals surface area contributed by atoms with Crippen LogP contribution in [0.3, 0.4) is 0 Å². The molecule has 208 valence electrons. The van der Waals surface area contributed by atoms with Crippen molar-refractivity contribution in [1.29, 1.82) is 0 Å². The van der Waals surface area contributed by atoms with E-state index in [0.717, 1.165) is 44.7 Å². The van der Waals surface area contributed by atoms with Gasteiger partial charge < -0.3 is 14.7 Å². The lowest BCUT2D eigenvalue weighted by atomic mass is 9.62. The molecule has 0 radical (unpaired) electrons. The van der Waals surface area contributed by atoms with Gasteiger partial charge in [-0.15, -0.1) is 0 Å². The normalized spacial score (nSPS) is 21.9. The molecule has 0 amide bonds. The van der Waals surface area contributed by atoms with Crippen LogP contribution in [0.25, 0.3) is 11.4 Å². The van der Waals surface area contributed by atoms with Crippen molar-refractivity contribution in [3.05, 3.63) is 65.2 Å². The van der Waals surface area contributed by atoms with Crippen LogP contribution >= 0.6 is 0 Å². The highest BCUT2D eigenvalue weighted by molar-refractivity contribution is 5.56. The highest BCUT2D eigenvalue weighted by atomic mass is 19.4. The summed E-state index contributed by atoms with van der Waals surface area (Å²) in [5.41, 5.74) is -0.0453. The maximum absolute atomic E-state index is 13.0. The molecule has 39 heavy (non-hydrogen) atoms. The van der Waals surface area contributed by atoms with Crippen molar-refractivity contribution in [2.45, 2.75) is 62.8 Å². The molecule has 2 aromatic heterocycles. The summed E-state index contributed by atoms with van der Waals surface area (Å²) in [7, 11) is 1.98. The number of alkyl halides is 3. The molecule has 1 atom stereocenters. The summed E-state index contributed by atoms with van der Waals surface area (Å²) in [5, 5.41) is 17.4. The fourth-order valence-electron chi connectivity index (χ4n) is 6.37. The van der Waals surface area contributed by atoms with Crippen LogP contribution in [0.15, 0.2) is 42.7 Å². The van der Waals surface area contributed by atoms with Gasteiger partial charge in [-0.3, -0.25) is 4.98 Å². The van der Waals surface area contributed by atoms with Crippen LogP contribution in [0.5, 0.6) is 0 Å². The minimum absolute atomic E-state index is 0.159. The first kappa shape index (κ1) is 26.4. The van der Waals surface area contributed by atoms with Gasteiger partial charge in [-0.2, -0.15) is 18.3 Å². The second-order valence-corrected chi connectivity index (χ2v) is 11.8. The Balaban J connectivity index is 1.39. The predicted octanol–water partition coefficient (Wildman–Crippen LogP) is 4.86. The highest BCUT2D eigenvalue weighted by Crippen LogP contribution is 2.50. The first-order valence-electron chi connectivity index (χ1n) is 13.6. The lowest BCUT2D eigenvalue weighted by Crippen LogP contribution is -2.63. The number of hydrogen-bond acceptors (Lipinski definition) is 6. The third kappa shape index (κ3) is 4.98. The van der Waals surface area contributed by atoms with Crippen molar-refractivity contribution in [3.8, 4) is 11.4 Å². The van der Waals surface area contributed by atoms with Crippen molar-refractivity contribution in [1.82, 2.24) is 24.6 Å². The Morgan fingerprint density at radius 2 is 1.72 bits per heavy atom. The SMILES string of the molecule is CN1CC(C)(C(O)(c2ccc(CC(F)(F)F)cc2)c2cncc(-c3nc(C4CCOCC4)n(C4CC4)n3)c2)C1. The molecule has 3 aromatic rings. The molecular formula is C29H34F3N5O2. The molecule has 1 saturated carbocycles. The summed E-state index contributed by atoms with van der Waals surface area (Å²) in [4.78, 5) is 11.6. The van der Waals surface area contributed by atoms with E-state index in [0.29, 0.717) is 47.6 Å². The lowest BCUT2D eigenvalue weighted by molar-refractivity contribution is -0.128. The molecule has 0 bridgehead atoms. The summed E-state index contributed by atoms with van der Waals surface area (Å²) < 4.78 is 46.5. The van der Waals surface area contributed by atoms with Crippen molar-refractivity contribution < 1.29 is 23.0 Å². The first-order chi connectivity index (χ1) is 18.6. The van der Waals surface area contributed by atoms with Crippen molar-refractivity contribution in [2.75, 3.05) is 33.4 Å². The number of halogens is 3. The minimum Gasteiger partial charge on any atom is -0.381 e. The van der Waals surface area contributed by atoms with Crippen LogP contribution in [0.4, 0.5) is 13.2 Å². The zero-order chi connectivity index (χ0) is 27.4. The number of pyridine rings is 1. The molecule has 3 fully saturated rings. The van der Waals surface area contributed by atoms with E-state index in [1.807, 2.05) is 20.0 Å². The van der Waals surface area contributed by atoms with Gasteiger partial charge in [0.2, 0.25) is 0 Å². The maximum atomic E-state index is 13.0. The van der Waals surface area contributed by atoms with E-state index in [-0.39, 0.29) is 5.56 Å². The van der Waals surface area contributed by atoms with Gasteiger partial charge in [-0.05, 0) is 49.9 Å². The number of nitrogens with zero attached hydrogens (tertiary/aromatic N) is 5. The molecular weight excluding hydrogens is 507 g/mol. The van der Waals surface area contributed by atoms with E-state index in [4.69, 9.17) is 14.8 Å². The van der Waals surface area contributed by atoms with Crippen molar-refractivity contribution in [2.24, 2.45) is 5.41 Å². The summed E-state index contributed by atoms with van der Waals surface area (Å²) >= 11 is 0. The van der Waals surface area contributed by atoms with Gasteiger partial charge in [-0.1, -0.05) is 31.2 Å². The lowest BCUT2D eigenvalue weighted by Gasteiger charge is -2.55. The van der Waals surface area contributed by atoms with Crippen LogP contribution in [-0.2, 0) is 16.8 Å². The average molecular weight is 542 g/mol. The average Bonchev–Trinajstić information content (AvgIpc) is 3.65. The van der Waals surface area contributed by atoms with Gasteiger partial charge in [-0.25, -0.2) is 9.67 Å². The molecule has 10 heteroatoms. The van der Waals surface area contributed by atoms with E-state index in [1.165, 1.54) is 12.1 Å². The monoisotopic (exact) mass is 541 g/mol. The van der Waals surface area contributed by atoms with E-state index >= 15 is 0 Å². The minimum atomic E-state index is -4.29. The summed E-state index contributed by atoms with van der Waals surface area (Å²) in [5.74, 6) is 1.87. The molecule has 6 rings (SSSR count). The zero-order valence-electron chi connectivity index (χ0n) is 22.3. The third-order valence-corrected chi connectivity index (χ3v) is 8.44. The van der Waals surface area contributed by atoms with Crippen molar-refractivity contribution >= 4 is 0 Å². The Labute approximate surface area is 226 Å². The standard InChI is InChI=1S/C29H34F3N5O2/c1-27(17-36(2)18-27)29(38,22-5-3-19(4-6-22)14-28(30,31)32)23-13-21(15-33-16-23)25-34-26(20-9-11-39-12-10-20)37(35-25)24-7-8-24/h3-6,13,15-16,20,24,38H,7-12,14,17-18H2,1-2H3. The molecule has 7 nitrogen and oxygen atoms in total. The Hall–Kier alpha value is -2.82. The van der Waals surface area contributed by atoms with E-state index < -0.39 is 23.6 Å². The topological polar surface area (TPSA) is 76.3 Å². The van der Waals surface area contributed by atoms with Crippen LogP contribution in [0, 0.1) is 5.41 Å². The number of ether oxygens (including phenoxy) is 1. The summed E-state index contributed by atoms with van der Waals surface area (Å²) in [6.07, 6.45) is 2.07. The Bertz CT molecular complexity index is 1330. The molecule has 2 saturated heterocycles. The van der Waals surface area contributed by atoms with Gasteiger partial charge >= 0.3 is 6.18 Å². The number of aromatic nitrogens is 4. The molecule has 1 aromatic carbocycles. The Kier molecular flexibility index (Phi) is 6.55. The van der Waals surface area contributed by atoms with E-state index in [2.05, 4.69) is 14.6 Å². The molecule has 2 aliphatic heterocycles. The third-order valence-electron chi connectivity index (χ3n) is 8.44. The van der Waals surface area contributed by atoms with Gasteiger partial charge in [0.05, 0.1) is 12.5 Å². The van der Waals surface area contributed by atoms with Crippen molar-refractivity contribution in [3.63, 3.8) is 0 Å². The molecule has 3 aliphatic rings. The number of likely N-dealkylation sites (tertiary alicyclic amines) is 1. The summed E-state index contributed by atoms with van der Waals surface area (Å²) in [6.45, 7) is 4.69. The second-order valence-electron chi connectivity index (χ2n) is 11.8. The Morgan fingerprint density at radius 3 is 2.33 bits per heavy atom. The zero-order valence-corrected chi connectivity index (χ0v) is 22.3. The number of rotatable bonds is 7. The highest BCUT2D eigenvalue weighted by Gasteiger charge is 2.55. The van der Waals surface area contributed by atoms with Gasteiger partial charge in [0, 0.05) is 61.2 Å². The van der Waals surface area contributed by atoms with Gasteiger partial charge in [0.25, 0.3) is 0 Å². The van der Waals surface area contributed by atoms with E-state index in [1.54, 1.807) is 24.5 Å². The first-order valence-corrected chi connectivity index (χ1v) is 13.6. The molecule has 0 spiro atoms. The van der Waals surface area contributed by atoms with Crippen LogP contribution in [-0.4, -0.2) is 69.3 Å². The molecule has 1 aliphatic carbocycles. The van der Waals surface area contributed by atoms with Crippen LogP contribution in [0.1, 0.15) is 67.1 Å². The number of benzene rings is 1. The smallest absolute Gasteiger partial charge is 0.381 e. The number of aliphatic hydroxyl groups is 1. The molecule has 1 N–H and O–H groups in total. The maximum Gasteiger partial charge on any atom is 0.393 e. The summed E-state index contributed by atoms with van der Waals surface area (Å²) in [6, 6.07) is 8.39.